The van der Waals surface area contributed by atoms with Crippen molar-refractivity contribution in [3.05, 3.63) is 35.4 Å². The fraction of sp³-hybridized carbons (Fsp3) is 0.636. The van der Waals surface area contributed by atoms with Gasteiger partial charge in [-0.2, -0.15) is 0 Å². The van der Waals surface area contributed by atoms with E-state index in [1.54, 1.807) is 0 Å². The highest BCUT2D eigenvalue weighted by Gasteiger charge is 2.40. The van der Waals surface area contributed by atoms with Crippen LogP contribution in [0.5, 0.6) is 0 Å². The third-order valence-corrected chi connectivity index (χ3v) is 6.69. The van der Waals surface area contributed by atoms with Crippen LogP contribution in [0.15, 0.2) is 24.3 Å². The van der Waals surface area contributed by atoms with Crippen LogP contribution in [0.3, 0.4) is 0 Å². The van der Waals surface area contributed by atoms with E-state index in [-0.39, 0.29) is 23.9 Å². The minimum Gasteiger partial charge on any atom is -0.349 e. The lowest BCUT2D eigenvalue weighted by atomic mass is 9.85. The molecule has 0 bridgehead atoms. The maximum atomic E-state index is 12.9. The molecule has 2 amide bonds. The van der Waals surface area contributed by atoms with E-state index >= 15 is 0 Å². The number of fused-ring (bicyclic) bond motifs is 1. The lowest BCUT2D eigenvalue weighted by Crippen LogP contribution is -2.51. The molecule has 3 unspecified atom stereocenters. The highest BCUT2D eigenvalue weighted by Crippen LogP contribution is 2.34. The van der Waals surface area contributed by atoms with Gasteiger partial charge in [0.25, 0.3) is 5.91 Å². The zero-order chi connectivity index (χ0) is 18.8. The molecule has 3 atom stereocenters. The van der Waals surface area contributed by atoms with Crippen molar-refractivity contribution in [2.75, 3.05) is 13.1 Å². The first-order valence-corrected chi connectivity index (χ1v) is 10.5. The molecule has 1 aromatic carbocycles. The molecular weight excluding hydrogens is 338 g/mol. The highest BCUT2D eigenvalue weighted by atomic mass is 16.2. The molecule has 1 aliphatic carbocycles. The number of carbonyl (C=O) groups is 2. The number of amides is 2. The topological polar surface area (TPSA) is 61.4 Å². The summed E-state index contributed by atoms with van der Waals surface area (Å²) in [4.78, 5) is 27.4. The average molecular weight is 370 g/mol. The molecule has 1 aromatic rings. The molecule has 0 aromatic heterocycles. The number of hydrogen-bond acceptors (Lipinski definition) is 3. The van der Waals surface area contributed by atoms with Gasteiger partial charge in [0.1, 0.15) is 0 Å². The van der Waals surface area contributed by atoms with E-state index in [1.165, 1.54) is 25.7 Å². The average Bonchev–Trinajstić information content (AvgIpc) is 3.12. The minimum absolute atomic E-state index is 0.000545. The molecule has 146 valence electrons. The Morgan fingerprint density at radius 3 is 2.56 bits per heavy atom. The summed E-state index contributed by atoms with van der Waals surface area (Å²) in [5.41, 5.74) is 1.74. The highest BCUT2D eigenvalue weighted by molar-refractivity contribution is 5.95. The molecular formula is C22H31N3O2. The molecule has 0 spiro atoms. The first-order chi connectivity index (χ1) is 13.1. The molecule has 1 saturated carbocycles. The van der Waals surface area contributed by atoms with Gasteiger partial charge in [-0.15, -0.1) is 0 Å². The van der Waals surface area contributed by atoms with Crippen molar-refractivity contribution in [1.29, 1.82) is 0 Å². The fourth-order valence-electron chi connectivity index (χ4n) is 5.07. The van der Waals surface area contributed by atoms with E-state index in [1.807, 2.05) is 36.1 Å². The molecule has 2 heterocycles. The van der Waals surface area contributed by atoms with Gasteiger partial charge in [-0.05, 0) is 56.6 Å². The normalized spacial score (nSPS) is 28.6. The summed E-state index contributed by atoms with van der Waals surface area (Å²) in [6.07, 6.45) is 7.78. The summed E-state index contributed by atoms with van der Waals surface area (Å²) < 4.78 is 0. The Bertz CT molecular complexity index is 683. The van der Waals surface area contributed by atoms with Crippen molar-refractivity contribution in [1.82, 2.24) is 15.5 Å². The monoisotopic (exact) mass is 369 g/mol. The van der Waals surface area contributed by atoms with Crippen molar-refractivity contribution < 1.29 is 9.59 Å². The molecule has 5 nitrogen and oxygen atoms in total. The molecule has 3 fully saturated rings. The first kappa shape index (κ1) is 18.5. The van der Waals surface area contributed by atoms with Gasteiger partial charge in [0.05, 0.1) is 6.04 Å². The van der Waals surface area contributed by atoms with Crippen molar-refractivity contribution in [3.8, 4) is 0 Å². The molecule has 2 aliphatic heterocycles. The molecule has 0 radical (unpaired) electrons. The maximum absolute atomic E-state index is 12.9. The number of hydrogen-bond donors (Lipinski definition) is 2. The fourth-order valence-corrected chi connectivity index (χ4v) is 5.07. The molecule has 2 saturated heterocycles. The van der Waals surface area contributed by atoms with Gasteiger partial charge in [-0.25, -0.2) is 0 Å². The SMILES string of the molecule is Cc1ccccc1C(=O)NC1CCN(C(=O)C2CC3CCCCC3N2)CC1. The largest absolute Gasteiger partial charge is 0.349 e. The quantitative estimate of drug-likeness (QED) is 0.861. The van der Waals surface area contributed by atoms with E-state index in [4.69, 9.17) is 0 Å². The summed E-state index contributed by atoms with van der Waals surface area (Å²) in [6.45, 7) is 3.44. The Morgan fingerprint density at radius 1 is 1.07 bits per heavy atom. The standard InChI is InChI=1S/C22H31N3O2/c1-15-6-2-4-8-18(15)21(26)23-17-10-12-25(13-11-17)22(27)20-14-16-7-3-5-9-19(16)24-20/h2,4,6,8,16-17,19-20,24H,3,5,7,9-14H2,1H3,(H,23,26). The van der Waals surface area contributed by atoms with Crippen LogP contribution < -0.4 is 10.6 Å². The smallest absolute Gasteiger partial charge is 0.251 e. The Balaban J connectivity index is 1.27. The van der Waals surface area contributed by atoms with Crippen LogP contribution in [0.4, 0.5) is 0 Å². The van der Waals surface area contributed by atoms with Crippen molar-refractivity contribution >= 4 is 11.8 Å². The second kappa shape index (κ2) is 8.01. The summed E-state index contributed by atoms with van der Waals surface area (Å²) in [6, 6.07) is 8.39. The van der Waals surface area contributed by atoms with E-state index in [9.17, 15) is 9.59 Å². The number of nitrogens with one attached hydrogen (secondary N) is 2. The first-order valence-electron chi connectivity index (χ1n) is 10.5. The lowest BCUT2D eigenvalue weighted by molar-refractivity contribution is -0.134. The lowest BCUT2D eigenvalue weighted by Gasteiger charge is -2.34. The van der Waals surface area contributed by atoms with Crippen molar-refractivity contribution in [3.63, 3.8) is 0 Å². The van der Waals surface area contributed by atoms with Gasteiger partial charge in [-0.3, -0.25) is 9.59 Å². The predicted molar refractivity (Wildman–Crippen MR) is 106 cm³/mol. The van der Waals surface area contributed by atoms with E-state index in [0.29, 0.717) is 12.0 Å². The zero-order valence-corrected chi connectivity index (χ0v) is 16.2. The number of piperidine rings is 1. The van der Waals surface area contributed by atoms with Crippen molar-refractivity contribution in [2.45, 2.75) is 70.0 Å². The van der Waals surface area contributed by atoms with Gasteiger partial charge in [0, 0.05) is 30.7 Å². The van der Waals surface area contributed by atoms with Gasteiger partial charge < -0.3 is 15.5 Å². The van der Waals surface area contributed by atoms with Crippen LogP contribution in [0.25, 0.3) is 0 Å². The van der Waals surface area contributed by atoms with Gasteiger partial charge in [-0.1, -0.05) is 31.0 Å². The maximum Gasteiger partial charge on any atom is 0.251 e. The predicted octanol–water partition coefficient (Wildman–Crippen LogP) is 2.64. The number of carbonyl (C=O) groups excluding carboxylic acids is 2. The summed E-state index contributed by atoms with van der Waals surface area (Å²) in [7, 11) is 0. The van der Waals surface area contributed by atoms with Crippen LogP contribution in [0.1, 0.15) is 60.9 Å². The van der Waals surface area contributed by atoms with Gasteiger partial charge in [0.2, 0.25) is 5.91 Å². The van der Waals surface area contributed by atoms with E-state index < -0.39 is 0 Å². The molecule has 3 aliphatic rings. The molecule has 2 N–H and O–H groups in total. The van der Waals surface area contributed by atoms with Crippen LogP contribution >= 0.6 is 0 Å². The third kappa shape index (κ3) is 4.03. The summed E-state index contributed by atoms with van der Waals surface area (Å²) >= 11 is 0. The second-order valence-electron chi connectivity index (χ2n) is 8.49. The number of nitrogens with zero attached hydrogens (tertiary/aromatic N) is 1. The Labute approximate surface area is 161 Å². The molecule has 27 heavy (non-hydrogen) atoms. The number of likely N-dealkylation sites (tertiary alicyclic amines) is 1. The van der Waals surface area contributed by atoms with Crippen LogP contribution in [0.2, 0.25) is 0 Å². The van der Waals surface area contributed by atoms with Crippen LogP contribution in [-0.4, -0.2) is 47.9 Å². The Kier molecular flexibility index (Phi) is 5.48. The molecule has 4 rings (SSSR count). The molecule has 5 heteroatoms. The van der Waals surface area contributed by atoms with E-state index in [0.717, 1.165) is 43.5 Å². The summed E-state index contributed by atoms with van der Waals surface area (Å²) in [5, 5.41) is 6.75. The van der Waals surface area contributed by atoms with E-state index in [2.05, 4.69) is 10.6 Å². The number of aryl methyl sites for hydroxylation is 1. The van der Waals surface area contributed by atoms with Crippen molar-refractivity contribution in [2.24, 2.45) is 5.92 Å². The van der Waals surface area contributed by atoms with Crippen LogP contribution in [0, 0.1) is 12.8 Å². The minimum atomic E-state index is -0.000545. The zero-order valence-electron chi connectivity index (χ0n) is 16.2. The third-order valence-electron chi connectivity index (χ3n) is 6.69. The number of benzene rings is 1. The van der Waals surface area contributed by atoms with Crippen LogP contribution in [-0.2, 0) is 4.79 Å². The Hall–Kier alpha value is -1.88. The second-order valence-corrected chi connectivity index (χ2v) is 8.49. The van der Waals surface area contributed by atoms with Gasteiger partial charge >= 0.3 is 0 Å². The summed E-state index contributed by atoms with van der Waals surface area (Å²) in [5.74, 6) is 0.964. The number of rotatable bonds is 3. The Morgan fingerprint density at radius 2 is 1.81 bits per heavy atom. The van der Waals surface area contributed by atoms with Gasteiger partial charge in [0.15, 0.2) is 0 Å².